The molecule has 2 N–H and O–H groups in total. The van der Waals surface area contributed by atoms with Crippen molar-refractivity contribution in [3.63, 3.8) is 0 Å². The SMILES string of the molecule is CCNC(=NCc1cn[nH]c1C)N(C)CC1CCOC1.I. The summed E-state index contributed by atoms with van der Waals surface area (Å²) in [4.78, 5) is 6.88. The highest BCUT2D eigenvalue weighted by atomic mass is 127. The maximum absolute atomic E-state index is 5.43. The molecule has 0 spiro atoms. The molecule has 1 aliphatic rings. The summed E-state index contributed by atoms with van der Waals surface area (Å²) >= 11 is 0. The van der Waals surface area contributed by atoms with E-state index in [0.29, 0.717) is 12.5 Å². The molecule has 2 rings (SSSR count). The number of aromatic nitrogens is 2. The Hall–Kier alpha value is -0.830. The number of nitrogens with one attached hydrogen (secondary N) is 2. The third kappa shape index (κ3) is 5.46. The fourth-order valence-electron chi connectivity index (χ4n) is 2.37. The molecule has 0 aromatic carbocycles. The van der Waals surface area contributed by atoms with Crippen molar-refractivity contribution in [1.82, 2.24) is 20.4 Å². The van der Waals surface area contributed by atoms with Crippen molar-refractivity contribution in [2.75, 3.05) is 33.4 Å². The van der Waals surface area contributed by atoms with Crippen molar-refractivity contribution in [3.8, 4) is 0 Å². The van der Waals surface area contributed by atoms with Crippen LogP contribution in [0.2, 0.25) is 0 Å². The predicted octanol–water partition coefficient (Wildman–Crippen LogP) is 1.77. The zero-order valence-corrected chi connectivity index (χ0v) is 15.4. The molecule has 1 aromatic rings. The highest BCUT2D eigenvalue weighted by Gasteiger charge is 2.19. The molecule has 6 nitrogen and oxygen atoms in total. The number of halogens is 1. The zero-order chi connectivity index (χ0) is 14.4. The minimum absolute atomic E-state index is 0. The Kier molecular flexibility index (Phi) is 8.02. The van der Waals surface area contributed by atoms with Crippen LogP contribution in [0, 0.1) is 12.8 Å². The molecular weight excluding hydrogens is 381 g/mol. The molecule has 7 heteroatoms. The third-order valence-electron chi connectivity index (χ3n) is 3.59. The van der Waals surface area contributed by atoms with Gasteiger partial charge in [0.15, 0.2) is 5.96 Å². The van der Waals surface area contributed by atoms with Crippen LogP contribution in [0.1, 0.15) is 24.6 Å². The molecule has 1 aliphatic heterocycles. The summed E-state index contributed by atoms with van der Waals surface area (Å²) in [5.74, 6) is 1.56. The van der Waals surface area contributed by atoms with E-state index in [1.807, 2.05) is 13.1 Å². The number of guanidine groups is 1. The van der Waals surface area contributed by atoms with Crippen LogP contribution in [0.4, 0.5) is 0 Å². The van der Waals surface area contributed by atoms with Crippen LogP contribution in [0.3, 0.4) is 0 Å². The van der Waals surface area contributed by atoms with Crippen LogP contribution < -0.4 is 5.32 Å². The lowest BCUT2D eigenvalue weighted by atomic mass is 10.1. The highest BCUT2D eigenvalue weighted by molar-refractivity contribution is 14.0. The maximum Gasteiger partial charge on any atom is 0.193 e. The van der Waals surface area contributed by atoms with Crippen LogP contribution in [-0.4, -0.2) is 54.4 Å². The number of ether oxygens (including phenoxy) is 1. The number of aliphatic imine (C=N–C) groups is 1. The summed E-state index contributed by atoms with van der Waals surface area (Å²) in [6.07, 6.45) is 2.98. The number of hydrogen-bond acceptors (Lipinski definition) is 3. The first-order valence-electron chi connectivity index (χ1n) is 7.26. The normalized spacial score (nSPS) is 18.4. The molecule has 2 heterocycles. The molecule has 1 unspecified atom stereocenters. The summed E-state index contributed by atoms with van der Waals surface area (Å²) in [5, 5.41) is 10.3. The fraction of sp³-hybridized carbons (Fsp3) is 0.714. The molecule has 1 saturated heterocycles. The van der Waals surface area contributed by atoms with Crippen molar-refractivity contribution in [2.45, 2.75) is 26.8 Å². The molecular formula is C14H26IN5O. The predicted molar refractivity (Wildman–Crippen MR) is 95.1 cm³/mol. The minimum Gasteiger partial charge on any atom is -0.381 e. The number of hydrogen-bond donors (Lipinski definition) is 2. The van der Waals surface area contributed by atoms with Gasteiger partial charge in [-0.3, -0.25) is 5.10 Å². The summed E-state index contributed by atoms with van der Waals surface area (Å²) < 4.78 is 5.43. The van der Waals surface area contributed by atoms with E-state index < -0.39 is 0 Å². The number of rotatable bonds is 5. The average Bonchev–Trinajstić information content (AvgIpc) is 3.06. The second-order valence-corrected chi connectivity index (χ2v) is 5.30. The van der Waals surface area contributed by atoms with Gasteiger partial charge in [-0.2, -0.15) is 5.10 Å². The van der Waals surface area contributed by atoms with Gasteiger partial charge in [-0.1, -0.05) is 0 Å². The quantitative estimate of drug-likeness (QED) is 0.444. The van der Waals surface area contributed by atoms with E-state index in [4.69, 9.17) is 4.74 Å². The first kappa shape index (κ1) is 18.2. The van der Waals surface area contributed by atoms with Gasteiger partial charge >= 0.3 is 0 Å². The molecule has 21 heavy (non-hydrogen) atoms. The second-order valence-electron chi connectivity index (χ2n) is 5.30. The van der Waals surface area contributed by atoms with E-state index in [2.05, 4.69) is 39.4 Å². The van der Waals surface area contributed by atoms with Gasteiger partial charge < -0.3 is 15.0 Å². The Morgan fingerprint density at radius 2 is 2.43 bits per heavy atom. The van der Waals surface area contributed by atoms with Crippen LogP contribution in [0.5, 0.6) is 0 Å². The Balaban J connectivity index is 0.00000220. The zero-order valence-electron chi connectivity index (χ0n) is 13.1. The van der Waals surface area contributed by atoms with Gasteiger partial charge in [0, 0.05) is 43.9 Å². The van der Waals surface area contributed by atoms with E-state index in [1.54, 1.807) is 0 Å². The van der Waals surface area contributed by atoms with E-state index in [9.17, 15) is 0 Å². The van der Waals surface area contributed by atoms with Crippen molar-refractivity contribution in [2.24, 2.45) is 10.9 Å². The highest BCUT2D eigenvalue weighted by Crippen LogP contribution is 2.13. The van der Waals surface area contributed by atoms with Crippen molar-refractivity contribution in [1.29, 1.82) is 0 Å². The smallest absolute Gasteiger partial charge is 0.193 e. The van der Waals surface area contributed by atoms with E-state index in [0.717, 1.165) is 49.9 Å². The molecule has 1 aromatic heterocycles. The lowest BCUT2D eigenvalue weighted by Gasteiger charge is -2.24. The standard InChI is InChI=1S/C14H25N5O.HI/c1-4-15-14(16-7-13-8-17-18-11(13)2)19(3)9-12-5-6-20-10-12;/h8,12H,4-7,9-10H2,1-3H3,(H,15,16)(H,17,18);1H. The number of aromatic amines is 1. The van der Waals surface area contributed by atoms with Crippen molar-refractivity contribution >= 4 is 29.9 Å². The van der Waals surface area contributed by atoms with Gasteiger partial charge in [0.25, 0.3) is 0 Å². The van der Waals surface area contributed by atoms with Gasteiger partial charge in [0.05, 0.1) is 19.3 Å². The Bertz CT molecular complexity index is 442. The topological polar surface area (TPSA) is 65.5 Å². The van der Waals surface area contributed by atoms with Gasteiger partial charge in [0.2, 0.25) is 0 Å². The molecule has 1 atom stereocenters. The van der Waals surface area contributed by atoms with Gasteiger partial charge in [0.1, 0.15) is 0 Å². The molecule has 1 fully saturated rings. The fourth-order valence-corrected chi connectivity index (χ4v) is 2.37. The van der Waals surface area contributed by atoms with Gasteiger partial charge in [-0.25, -0.2) is 4.99 Å². The van der Waals surface area contributed by atoms with E-state index >= 15 is 0 Å². The molecule has 120 valence electrons. The number of H-pyrrole nitrogens is 1. The Labute approximate surface area is 143 Å². The first-order valence-corrected chi connectivity index (χ1v) is 7.26. The monoisotopic (exact) mass is 407 g/mol. The van der Waals surface area contributed by atoms with Crippen molar-refractivity contribution < 1.29 is 4.74 Å². The lowest BCUT2D eigenvalue weighted by Crippen LogP contribution is -2.41. The third-order valence-corrected chi connectivity index (χ3v) is 3.59. The number of nitrogens with zero attached hydrogens (tertiary/aromatic N) is 3. The summed E-state index contributed by atoms with van der Waals surface area (Å²) in [6, 6.07) is 0. The summed E-state index contributed by atoms with van der Waals surface area (Å²) in [6.45, 7) is 8.36. The Morgan fingerprint density at radius 1 is 1.62 bits per heavy atom. The van der Waals surface area contributed by atoms with Gasteiger partial charge in [-0.15, -0.1) is 24.0 Å². The molecule has 0 bridgehead atoms. The molecule has 0 radical (unpaired) electrons. The van der Waals surface area contributed by atoms with E-state index in [1.165, 1.54) is 0 Å². The second kappa shape index (κ2) is 9.24. The van der Waals surface area contributed by atoms with Crippen LogP contribution in [0.25, 0.3) is 0 Å². The summed E-state index contributed by atoms with van der Waals surface area (Å²) in [5.41, 5.74) is 2.22. The van der Waals surface area contributed by atoms with Crippen LogP contribution >= 0.6 is 24.0 Å². The average molecular weight is 407 g/mol. The van der Waals surface area contributed by atoms with Crippen LogP contribution in [0.15, 0.2) is 11.2 Å². The number of aryl methyl sites for hydroxylation is 1. The van der Waals surface area contributed by atoms with Crippen LogP contribution in [-0.2, 0) is 11.3 Å². The maximum atomic E-state index is 5.43. The minimum atomic E-state index is 0. The molecule has 0 saturated carbocycles. The Morgan fingerprint density at radius 3 is 3.00 bits per heavy atom. The molecule has 0 amide bonds. The van der Waals surface area contributed by atoms with E-state index in [-0.39, 0.29) is 24.0 Å². The van der Waals surface area contributed by atoms with Crippen molar-refractivity contribution in [3.05, 3.63) is 17.5 Å². The van der Waals surface area contributed by atoms with Gasteiger partial charge in [-0.05, 0) is 20.3 Å². The largest absolute Gasteiger partial charge is 0.381 e. The lowest BCUT2D eigenvalue weighted by molar-refractivity contribution is 0.181. The summed E-state index contributed by atoms with van der Waals surface area (Å²) in [7, 11) is 2.09. The first-order chi connectivity index (χ1) is 9.70. The molecule has 0 aliphatic carbocycles.